The van der Waals surface area contributed by atoms with Gasteiger partial charge in [-0.3, -0.25) is 14.7 Å². The minimum atomic E-state index is -0.00664. The van der Waals surface area contributed by atoms with Gasteiger partial charge >= 0.3 is 0 Å². The summed E-state index contributed by atoms with van der Waals surface area (Å²) in [7, 11) is 0. The highest BCUT2D eigenvalue weighted by molar-refractivity contribution is 5.94. The quantitative estimate of drug-likeness (QED) is 0.919. The van der Waals surface area contributed by atoms with E-state index in [4.69, 9.17) is 0 Å². The molecular weight excluding hydrogens is 328 g/mol. The van der Waals surface area contributed by atoms with Crippen LogP contribution in [-0.2, 0) is 24.2 Å². The maximum Gasteiger partial charge on any atom is 0.274 e. The molecule has 0 spiro atoms. The topological polar surface area (TPSA) is 69.3 Å². The number of benzene rings is 1. The monoisotopic (exact) mass is 352 g/mol. The molecule has 1 N–H and O–H groups in total. The summed E-state index contributed by atoms with van der Waals surface area (Å²) in [4.78, 5) is 29.2. The van der Waals surface area contributed by atoms with Crippen LogP contribution in [0.25, 0.3) is 0 Å². The zero-order chi connectivity index (χ0) is 18.1. The molecule has 0 unspecified atom stereocenters. The first-order valence-electron chi connectivity index (χ1n) is 9.30. The Morgan fingerprint density at radius 1 is 1.08 bits per heavy atom. The SMILES string of the molecule is Cc1ccc(CC(=O)N2CCc3[nH]nc(C(=O)N4CCCC4)c3C2)cc1. The molecule has 2 aliphatic heterocycles. The number of nitrogens with zero attached hydrogens (tertiary/aromatic N) is 3. The Hall–Kier alpha value is -2.63. The number of likely N-dealkylation sites (tertiary alicyclic amines) is 1. The van der Waals surface area contributed by atoms with Crippen LogP contribution in [0.5, 0.6) is 0 Å². The van der Waals surface area contributed by atoms with E-state index in [1.54, 1.807) is 0 Å². The molecular formula is C20H24N4O2. The summed E-state index contributed by atoms with van der Waals surface area (Å²) in [5.41, 5.74) is 4.59. The highest BCUT2D eigenvalue weighted by atomic mass is 16.2. The second-order valence-electron chi connectivity index (χ2n) is 7.26. The fraction of sp³-hybridized carbons (Fsp3) is 0.450. The molecule has 3 heterocycles. The minimum Gasteiger partial charge on any atom is -0.338 e. The van der Waals surface area contributed by atoms with Crippen LogP contribution in [-0.4, -0.2) is 51.4 Å². The van der Waals surface area contributed by atoms with Gasteiger partial charge in [-0.15, -0.1) is 0 Å². The third-order valence-corrected chi connectivity index (χ3v) is 5.36. The van der Waals surface area contributed by atoms with E-state index in [0.717, 1.165) is 49.2 Å². The fourth-order valence-corrected chi connectivity index (χ4v) is 3.75. The van der Waals surface area contributed by atoms with Gasteiger partial charge in [-0.1, -0.05) is 29.8 Å². The van der Waals surface area contributed by atoms with Crippen molar-refractivity contribution in [1.29, 1.82) is 0 Å². The van der Waals surface area contributed by atoms with Crippen molar-refractivity contribution in [2.24, 2.45) is 0 Å². The zero-order valence-corrected chi connectivity index (χ0v) is 15.1. The Balaban J connectivity index is 1.48. The Kier molecular flexibility index (Phi) is 4.49. The lowest BCUT2D eigenvalue weighted by Gasteiger charge is -2.27. The van der Waals surface area contributed by atoms with Gasteiger partial charge in [0.25, 0.3) is 5.91 Å². The molecule has 1 aromatic carbocycles. The molecule has 0 atom stereocenters. The maximum atomic E-state index is 12.7. The number of rotatable bonds is 3. The summed E-state index contributed by atoms with van der Waals surface area (Å²) >= 11 is 0. The number of amides is 2. The van der Waals surface area contributed by atoms with Crippen molar-refractivity contribution in [3.8, 4) is 0 Å². The van der Waals surface area contributed by atoms with E-state index in [9.17, 15) is 9.59 Å². The van der Waals surface area contributed by atoms with Crippen molar-refractivity contribution < 1.29 is 9.59 Å². The first-order valence-corrected chi connectivity index (χ1v) is 9.30. The normalized spacial score (nSPS) is 16.7. The van der Waals surface area contributed by atoms with Crippen molar-refractivity contribution in [2.75, 3.05) is 19.6 Å². The van der Waals surface area contributed by atoms with Gasteiger partial charge in [-0.25, -0.2) is 0 Å². The van der Waals surface area contributed by atoms with E-state index in [-0.39, 0.29) is 11.8 Å². The number of carbonyl (C=O) groups is 2. The molecule has 1 aromatic heterocycles. The van der Waals surface area contributed by atoms with Gasteiger partial charge in [0.15, 0.2) is 5.69 Å². The number of nitrogens with one attached hydrogen (secondary N) is 1. The first-order chi connectivity index (χ1) is 12.6. The number of aromatic nitrogens is 2. The van der Waals surface area contributed by atoms with Crippen molar-refractivity contribution in [1.82, 2.24) is 20.0 Å². The van der Waals surface area contributed by atoms with Crippen LogP contribution in [0.4, 0.5) is 0 Å². The molecule has 6 nitrogen and oxygen atoms in total. The van der Waals surface area contributed by atoms with Crippen LogP contribution in [0.15, 0.2) is 24.3 Å². The van der Waals surface area contributed by atoms with Gasteiger partial charge in [0.2, 0.25) is 5.91 Å². The summed E-state index contributed by atoms with van der Waals surface area (Å²) < 4.78 is 0. The fourth-order valence-electron chi connectivity index (χ4n) is 3.75. The first kappa shape index (κ1) is 16.8. The van der Waals surface area contributed by atoms with Crippen LogP contribution in [0.3, 0.4) is 0 Å². The average Bonchev–Trinajstić information content (AvgIpc) is 3.32. The Morgan fingerprint density at radius 3 is 2.54 bits per heavy atom. The summed E-state index contributed by atoms with van der Waals surface area (Å²) in [5, 5.41) is 7.29. The highest BCUT2D eigenvalue weighted by Crippen LogP contribution is 2.23. The van der Waals surface area contributed by atoms with E-state index in [1.807, 2.05) is 41.0 Å². The molecule has 0 radical (unpaired) electrons. The number of fused-ring (bicyclic) bond motifs is 1. The largest absolute Gasteiger partial charge is 0.338 e. The smallest absolute Gasteiger partial charge is 0.274 e. The van der Waals surface area contributed by atoms with Gasteiger partial charge < -0.3 is 9.80 Å². The predicted octanol–water partition coefficient (Wildman–Crippen LogP) is 2.08. The molecule has 1 saturated heterocycles. The Morgan fingerprint density at radius 2 is 1.81 bits per heavy atom. The Labute approximate surface area is 153 Å². The molecule has 26 heavy (non-hydrogen) atoms. The van der Waals surface area contributed by atoms with Crippen LogP contribution in [0.1, 0.15) is 45.7 Å². The molecule has 0 saturated carbocycles. The molecule has 2 aliphatic rings. The van der Waals surface area contributed by atoms with Gasteiger partial charge in [0, 0.05) is 43.9 Å². The average molecular weight is 352 g/mol. The maximum absolute atomic E-state index is 12.7. The molecule has 136 valence electrons. The second kappa shape index (κ2) is 6.94. The summed E-state index contributed by atoms with van der Waals surface area (Å²) in [6, 6.07) is 8.06. The van der Waals surface area contributed by atoms with Crippen molar-refractivity contribution in [3.05, 3.63) is 52.3 Å². The summed E-state index contributed by atoms with van der Waals surface area (Å²) in [6.45, 7) is 4.77. The lowest BCUT2D eigenvalue weighted by molar-refractivity contribution is -0.131. The van der Waals surface area contributed by atoms with Crippen molar-refractivity contribution in [3.63, 3.8) is 0 Å². The van der Waals surface area contributed by atoms with E-state index < -0.39 is 0 Å². The molecule has 4 rings (SSSR count). The van der Waals surface area contributed by atoms with Crippen LogP contribution < -0.4 is 0 Å². The molecule has 1 fully saturated rings. The third-order valence-electron chi connectivity index (χ3n) is 5.36. The van der Waals surface area contributed by atoms with E-state index >= 15 is 0 Å². The molecule has 0 aliphatic carbocycles. The van der Waals surface area contributed by atoms with Crippen molar-refractivity contribution in [2.45, 2.75) is 39.2 Å². The van der Waals surface area contributed by atoms with Gasteiger partial charge in [0.1, 0.15) is 0 Å². The summed E-state index contributed by atoms with van der Waals surface area (Å²) in [5.74, 6) is 0.0908. The zero-order valence-electron chi connectivity index (χ0n) is 15.1. The van der Waals surface area contributed by atoms with Crippen LogP contribution in [0.2, 0.25) is 0 Å². The van der Waals surface area contributed by atoms with Gasteiger partial charge in [0.05, 0.1) is 6.42 Å². The number of aryl methyl sites for hydroxylation is 1. The number of hydrogen-bond donors (Lipinski definition) is 1. The number of aromatic amines is 1. The summed E-state index contributed by atoms with van der Waals surface area (Å²) in [6.07, 6.45) is 3.22. The number of hydrogen-bond acceptors (Lipinski definition) is 3. The van der Waals surface area contributed by atoms with Gasteiger partial charge in [-0.2, -0.15) is 5.10 Å². The third kappa shape index (κ3) is 3.23. The molecule has 6 heteroatoms. The van der Waals surface area contributed by atoms with Crippen LogP contribution in [0, 0.1) is 6.92 Å². The van der Waals surface area contributed by atoms with E-state index in [1.165, 1.54) is 5.56 Å². The molecule has 2 amide bonds. The Bertz CT molecular complexity index is 819. The number of carbonyl (C=O) groups excluding carboxylic acids is 2. The lowest BCUT2D eigenvalue weighted by Crippen LogP contribution is -2.38. The number of H-pyrrole nitrogens is 1. The molecule has 0 bridgehead atoms. The minimum absolute atomic E-state index is 0.00664. The van der Waals surface area contributed by atoms with E-state index in [2.05, 4.69) is 10.2 Å². The molecule has 2 aromatic rings. The van der Waals surface area contributed by atoms with E-state index in [0.29, 0.717) is 25.2 Å². The van der Waals surface area contributed by atoms with Gasteiger partial charge in [-0.05, 0) is 25.3 Å². The lowest BCUT2D eigenvalue weighted by atomic mass is 10.0. The predicted molar refractivity (Wildman–Crippen MR) is 97.7 cm³/mol. The van der Waals surface area contributed by atoms with Crippen molar-refractivity contribution >= 4 is 11.8 Å². The second-order valence-corrected chi connectivity index (χ2v) is 7.26. The van der Waals surface area contributed by atoms with Crippen LogP contribution >= 0.6 is 0 Å². The highest BCUT2D eigenvalue weighted by Gasteiger charge is 2.30. The standard InChI is InChI=1S/C20H24N4O2/c1-14-4-6-15(7-5-14)12-18(25)24-11-8-17-16(13-24)19(22-21-17)20(26)23-9-2-3-10-23/h4-7H,2-3,8-13H2,1H3,(H,21,22).